The number of hydrogen-bond acceptors (Lipinski definition) is 5. The van der Waals surface area contributed by atoms with Crippen molar-refractivity contribution in [3.8, 4) is 5.69 Å². The lowest BCUT2D eigenvalue weighted by atomic mass is 10.1. The summed E-state index contributed by atoms with van der Waals surface area (Å²) in [5.74, 6) is -0.252. The molecule has 1 aliphatic rings. The molecule has 9 heteroatoms. The van der Waals surface area contributed by atoms with Gasteiger partial charge in [-0.05, 0) is 42.0 Å². The second-order valence-corrected chi connectivity index (χ2v) is 6.08. The second-order valence-electron chi connectivity index (χ2n) is 5.65. The third-order valence-corrected chi connectivity index (χ3v) is 4.40. The quantitative estimate of drug-likeness (QED) is 0.831. The van der Waals surface area contributed by atoms with E-state index in [-0.39, 0.29) is 30.9 Å². The van der Waals surface area contributed by atoms with Crippen LogP contribution in [0.25, 0.3) is 5.69 Å². The van der Waals surface area contributed by atoms with Crippen LogP contribution in [-0.2, 0) is 9.59 Å². The molecule has 1 unspecified atom stereocenters. The minimum absolute atomic E-state index is 0.0291. The normalized spacial score (nSPS) is 16.6. The summed E-state index contributed by atoms with van der Waals surface area (Å²) in [6.45, 7) is 3.95. The van der Waals surface area contributed by atoms with E-state index in [1.165, 1.54) is 15.9 Å². The van der Waals surface area contributed by atoms with Crippen molar-refractivity contribution < 1.29 is 9.59 Å². The van der Waals surface area contributed by atoms with Crippen molar-refractivity contribution in [3.63, 3.8) is 0 Å². The number of hydrogen-bond donors (Lipinski definition) is 0. The number of aromatic nitrogens is 4. The summed E-state index contributed by atoms with van der Waals surface area (Å²) in [4.78, 5) is 28.1. The zero-order chi connectivity index (χ0) is 17.3. The average molecular weight is 349 g/mol. The standard InChI is InChI=1S/C15H17ClN6O2/c1-3-10(2)20-7-15(24)21(8-14(20)23)13-6-11(16)4-5-12(13)22-9-17-18-19-22/h4-6,9-10H,3,7-8H2,1-2H3. The summed E-state index contributed by atoms with van der Waals surface area (Å²) in [7, 11) is 0. The van der Waals surface area contributed by atoms with Crippen molar-refractivity contribution >= 4 is 29.1 Å². The first-order valence-corrected chi connectivity index (χ1v) is 8.01. The molecule has 3 rings (SSSR count). The molecule has 0 spiro atoms. The molecule has 1 atom stereocenters. The fraction of sp³-hybridized carbons (Fsp3) is 0.400. The summed E-state index contributed by atoms with van der Waals surface area (Å²) in [5.41, 5.74) is 1.10. The minimum atomic E-state index is -0.161. The van der Waals surface area contributed by atoms with Crippen molar-refractivity contribution in [1.29, 1.82) is 0 Å². The molecule has 0 N–H and O–H groups in total. The maximum atomic E-state index is 12.6. The van der Waals surface area contributed by atoms with Gasteiger partial charge in [0.2, 0.25) is 11.8 Å². The lowest BCUT2D eigenvalue weighted by Gasteiger charge is -2.37. The highest BCUT2D eigenvalue weighted by Gasteiger charge is 2.34. The number of piperazine rings is 1. The van der Waals surface area contributed by atoms with E-state index in [4.69, 9.17) is 11.6 Å². The van der Waals surface area contributed by atoms with E-state index in [0.29, 0.717) is 16.4 Å². The predicted octanol–water partition coefficient (Wildman–Crippen LogP) is 1.29. The Balaban J connectivity index is 1.97. The zero-order valence-corrected chi connectivity index (χ0v) is 14.1. The molecule has 1 aromatic heterocycles. The maximum Gasteiger partial charge on any atom is 0.247 e. The molecule has 2 amide bonds. The molecule has 1 aromatic carbocycles. The van der Waals surface area contributed by atoms with Gasteiger partial charge < -0.3 is 4.90 Å². The smallest absolute Gasteiger partial charge is 0.247 e. The second kappa shape index (κ2) is 6.56. The molecule has 2 heterocycles. The number of carbonyl (C=O) groups excluding carboxylic acids is 2. The summed E-state index contributed by atoms with van der Waals surface area (Å²) >= 11 is 6.09. The highest BCUT2D eigenvalue weighted by atomic mass is 35.5. The van der Waals surface area contributed by atoms with E-state index >= 15 is 0 Å². The van der Waals surface area contributed by atoms with Crippen LogP contribution in [0.5, 0.6) is 0 Å². The summed E-state index contributed by atoms with van der Waals surface area (Å²) in [6.07, 6.45) is 2.22. The Morgan fingerprint density at radius 2 is 2.00 bits per heavy atom. The number of amides is 2. The number of halogens is 1. The molecule has 8 nitrogen and oxygen atoms in total. The maximum absolute atomic E-state index is 12.6. The molecular formula is C15H17ClN6O2. The van der Waals surface area contributed by atoms with Crippen LogP contribution >= 0.6 is 11.6 Å². The number of rotatable bonds is 4. The Morgan fingerprint density at radius 3 is 2.67 bits per heavy atom. The highest BCUT2D eigenvalue weighted by Crippen LogP contribution is 2.29. The first-order chi connectivity index (χ1) is 11.5. The Morgan fingerprint density at radius 1 is 1.21 bits per heavy atom. The fourth-order valence-corrected chi connectivity index (χ4v) is 2.82. The van der Waals surface area contributed by atoms with Crippen LogP contribution in [0, 0.1) is 0 Å². The largest absolute Gasteiger partial charge is 0.329 e. The Hall–Kier alpha value is -2.48. The lowest BCUT2D eigenvalue weighted by molar-refractivity contribution is -0.140. The third kappa shape index (κ3) is 2.96. The van der Waals surface area contributed by atoms with Crippen molar-refractivity contribution in [2.24, 2.45) is 0 Å². The average Bonchev–Trinajstić information content (AvgIpc) is 3.10. The number of nitrogens with zero attached hydrogens (tertiary/aromatic N) is 6. The van der Waals surface area contributed by atoms with Crippen molar-refractivity contribution in [3.05, 3.63) is 29.5 Å². The van der Waals surface area contributed by atoms with E-state index in [2.05, 4.69) is 15.5 Å². The predicted molar refractivity (Wildman–Crippen MR) is 88.0 cm³/mol. The topological polar surface area (TPSA) is 84.2 Å². The SMILES string of the molecule is CCC(C)N1CC(=O)N(c2cc(Cl)ccc2-n2cnnn2)CC1=O. The van der Waals surface area contributed by atoms with Crippen LogP contribution < -0.4 is 4.90 Å². The van der Waals surface area contributed by atoms with Crippen molar-refractivity contribution in [2.45, 2.75) is 26.3 Å². The molecule has 1 aliphatic heterocycles. The van der Waals surface area contributed by atoms with Crippen LogP contribution in [0.3, 0.4) is 0 Å². The molecule has 24 heavy (non-hydrogen) atoms. The van der Waals surface area contributed by atoms with E-state index < -0.39 is 0 Å². The van der Waals surface area contributed by atoms with E-state index in [9.17, 15) is 9.59 Å². The molecule has 2 aromatic rings. The van der Waals surface area contributed by atoms with Gasteiger partial charge in [0.25, 0.3) is 0 Å². The van der Waals surface area contributed by atoms with Crippen LogP contribution in [-0.4, -0.2) is 56.1 Å². The number of benzene rings is 1. The van der Waals surface area contributed by atoms with Crippen LogP contribution in [0.15, 0.2) is 24.5 Å². The summed E-state index contributed by atoms with van der Waals surface area (Å²) in [5, 5.41) is 11.5. The number of carbonyl (C=O) groups is 2. The van der Waals surface area contributed by atoms with Gasteiger partial charge in [-0.1, -0.05) is 18.5 Å². The third-order valence-electron chi connectivity index (χ3n) is 4.17. The van der Waals surface area contributed by atoms with Crippen LogP contribution in [0.1, 0.15) is 20.3 Å². The summed E-state index contributed by atoms with van der Waals surface area (Å²) < 4.78 is 1.43. The van der Waals surface area contributed by atoms with Gasteiger partial charge >= 0.3 is 0 Å². The van der Waals surface area contributed by atoms with Crippen LogP contribution in [0.2, 0.25) is 5.02 Å². The molecule has 0 aliphatic carbocycles. The van der Waals surface area contributed by atoms with E-state index in [0.717, 1.165) is 6.42 Å². The van der Waals surface area contributed by atoms with Gasteiger partial charge in [0.05, 0.1) is 11.4 Å². The van der Waals surface area contributed by atoms with Crippen molar-refractivity contribution in [2.75, 3.05) is 18.0 Å². The molecule has 0 bridgehead atoms. The summed E-state index contributed by atoms with van der Waals surface area (Å²) in [6, 6.07) is 5.07. The van der Waals surface area contributed by atoms with Crippen LogP contribution in [0.4, 0.5) is 5.69 Å². The van der Waals surface area contributed by atoms with E-state index in [1.54, 1.807) is 23.1 Å². The zero-order valence-electron chi connectivity index (χ0n) is 13.4. The molecule has 0 radical (unpaired) electrons. The molecule has 0 saturated carbocycles. The molecule has 1 fully saturated rings. The number of tetrazole rings is 1. The van der Waals surface area contributed by atoms with Gasteiger partial charge in [-0.15, -0.1) is 5.10 Å². The van der Waals surface area contributed by atoms with Gasteiger partial charge in [-0.2, -0.15) is 4.68 Å². The molecule has 1 saturated heterocycles. The van der Waals surface area contributed by atoms with Gasteiger partial charge in [0, 0.05) is 11.1 Å². The lowest BCUT2D eigenvalue weighted by Crippen LogP contribution is -2.56. The minimum Gasteiger partial charge on any atom is -0.329 e. The van der Waals surface area contributed by atoms with Gasteiger partial charge in [0.15, 0.2) is 0 Å². The number of anilines is 1. The molecular weight excluding hydrogens is 332 g/mol. The Bertz CT molecular complexity index is 763. The highest BCUT2D eigenvalue weighted by molar-refractivity contribution is 6.31. The monoisotopic (exact) mass is 348 g/mol. The first-order valence-electron chi connectivity index (χ1n) is 7.64. The van der Waals surface area contributed by atoms with Gasteiger partial charge in [-0.25, -0.2) is 0 Å². The van der Waals surface area contributed by atoms with E-state index in [1.807, 2.05) is 13.8 Å². The fourth-order valence-electron chi connectivity index (χ4n) is 2.65. The molecule has 126 valence electrons. The van der Waals surface area contributed by atoms with Gasteiger partial charge in [-0.3, -0.25) is 14.5 Å². The van der Waals surface area contributed by atoms with Gasteiger partial charge in [0.1, 0.15) is 19.4 Å². The van der Waals surface area contributed by atoms with Crippen molar-refractivity contribution in [1.82, 2.24) is 25.1 Å². The Kier molecular flexibility index (Phi) is 4.48. The first kappa shape index (κ1) is 16.4. The Labute approximate surface area is 144 Å².